The first kappa shape index (κ1) is 18.9. The normalized spacial score (nSPS) is 10.5. The number of anilines is 2. The maximum atomic E-state index is 12.4. The third kappa shape index (κ3) is 5.53. The number of aryl methyl sites for hydroxylation is 2. The maximum Gasteiger partial charge on any atom is 0.270 e. The van der Waals surface area contributed by atoms with E-state index in [9.17, 15) is 4.79 Å². The molecule has 0 radical (unpaired) electrons. The Morgan fingerprint density at radius 1 is 1.00 bits per heavy atom. The quantitative estimate of drug-likeness (QED) is 0.662. The van der Waals surface area contributed by atoms with Crippen molar-refractivity contribution in [3.05, 3.63) is 82.1 Å². The minimum atomic E-state index is -0.221. The van der Waals surface area contributed by atoms with Gasteiger partial charge in [-0.3, -0.25) is 4.79 Å². The van der Waals surface area contributed by atoms with Gasteiger partial charge in [0.25, 0.3) is 5.91 Å². The van der Waals surface area contributed by atoms with E-state index in [2.05, 4.69) is 20.6 Å². The molecule has 0 aliphatic carbocycles. The molecule has 3 rings (SSSR count). The molecule has 0 saturated heterocycles. The second kappa shape index (κ2) is 8.64. The number of amides is 1. The summed E-state index contributed by atoms with van der Waals surface area (Å²) in [4.78, 5) is 21.1. The van der Waals surface area contributed by atoms with Crippen LogP contribution in [0.5, 0.6) is 0 Å². The summed E-state index contributed by atoms with van der Waals surface area (Å²) >= 11 is 5.88. The molecule has 2 aromatic carbocycles. The van der Waals surface area contributed by atoms with E-state index < -0.39 is 0 Å². The van der Waals surface area contributed by atoms with Crippen molar-refractivity contribution in [2.75, 3.05) is 11.9 Å². The van der Waals surface area contributed by atoms with Crippen LogP contribution in [-0.4, -0.2) is 22.4 Å². The lowest BCUT2D eigenvalue weighted by Crippen LogP contribution is -2.27. The molecule has 138 valence electrons. The van der Waals surface area contributed by atoms with E-state index >= 15 is 0 Å². The Morgan fingerprint density at radius 2 is 1.70 bits per heavy atom. The summed E-state index contributed by atoms with van der Waals surface area (Å²) in [5.74, 6) is 0.183. The molecule has 5 nitrogen and oxygen atoms in total. The topological polar surface area (TPSA) is 66.9 Å². The van der Waals surface area contributed by atoms with Gasteiger partial charge in [-0.2, -0.15) is 0 Å². The highest BCUT2D eigenvalue weighted by Gasteiger charge is 2.10. The van der Waals surface area contributed by atoms with Crippen LogP contribution in [-0.2, 0) is 6.42 Å². The molecule has 1 heterocycles. The minimum absolute atomic E-state index is 0.221. The smallest absolute Gasteiger partial charge is 0.270 e. The van der Waals surface area contributed by atoms with Crippen molar-refractivity contribution >= 4 is 29.1 Å². The van der Waals surface area contributed by atoms with Crippen molar-refractivity contribution in [2.24, 2.45) is 0 Å². The van der Waals surface area contributed by atoms with Gasteiger partial charge in [0.2, 0.25) is 5.95 Å². The standard InChI is InChI=1S/C21H21ClN4O/c1-14-3-9-18(10-4-14)25-21-24-15(2)13-19(26-21)20(27)23-12-11-16-5-7-17(22)8-6-16/h3-10,13H,11-12H2,1-2H3,(H,23,27)(H,24,25,26). The second-order valence-electron chi connectivity index (χ2n) is 6.34. The van der Waals surface area contributed by atoms with E-state index in [1.807, 2.05) is 62.4 Å². The molecule has 1 amide bonds. The number of nitrogens with zero attached hydrogens (tertiary/aromatic N) is 2. The van der Waals surface area contributed by atoms with Gasteiger partial charge in [0.15, 0.2) is 0 Å². The maximum absolute atomic E-state index is 12.4. The molecule has 6 heteroatoms. The van der Waals surface area contributed by atoms with Crippen molar-refractivity contribution in [1.82, 2.24) is 15.3 Å². The zero-order valence-corrected chi connectivity index (χ0v) is 16.0. The van der Waals surface area contributed by atoms with Crippen LogP contribution in [0.15, 0.2) is 54.6 Å². The molecule has 0 spiro atoms. The van der Waals surface area contributed by atoms with Crippen molar-refractivity contribution in [3.8, 4) is 0 Å². The Labute approximate surface area is 163 Å². The summed E-state index contributed by atoms with van der Waals surface area (Å²) in [6, 6.07) is 17.2. The predicted octanol–water partition coefficient (Wildman–Crippen LogP) is 4.46. The number of aromatic nitrogens is 2. The van der Waals surface area contributed by atoms with E-state index in [4.69, 9.17) is 11.6 Å². The van der Waals surface area contributed by atoms with E-state index in [1.165, 1.54) is 5.56 Å². The van der Waals surface area contributed by atoms with Gasteiger partial charge in [-0.15, -0.1) is 0 Å². The Bertz CT molecular complexity index is 924. The Kier molecular flexibility index (Phi) is 6.04. The van der Waals surface area contributed by atoms with E-state index in [0.29, 0.717) is 23.2 Å². The fraction of sp³-hybridized carbons (Fsp3) is 0.190. The van der Waals surface area contributed by atoms with Gasteiger partial charge in [0.1, 0.15) is 5.69 Å². The number of carbonyl (C=O) groups excluding carboxylic acids is 1. The average molecular weight is 381 g/mol. The number of carbonyl (C=O) groups is 1. The van der Waals surface area contributed by atoms with Gasteiger partial charge in [-0.05, 0) is 56.2 Å². The van der Waals surface area contributed by atoms with Crippen LogP contribution in [0.25, 0.3) is 0 Å². The number of halogens is 1. The first-order valence-corrected chi connectivity index (χ1v) is 9.09. The lowest BCUT2D eigenvalue weighted by atomic mass is 10.1. The van der Waals surface area contributed by atoms with Gasteiger partial charge in [-0.25, -0.2) is 9.97 Å². The third-order valence-corrected chi connectivity index (χ3v) is 4.26. The summed E-state index contributed by atoms with van der Waals surface area (Å²) < 4.78 is 0. The van der Waals surface area contributed by atoms with Crippen molar-refractivity contribution in [1.29, 1.82) is 0 Å². The van der Waals surface area contributed by atoms with Crippen LogP contribution in [0, 0.1) is 13.8 Å². The van der Waals surface area contributed by atoms with Gasteiger partial charge in [0.05, 0.1) is 0 Å². The van der Waals surface area contributed by atoms with Crippen molar-refractivity contribution in [3.63, 3.8) is 0 Å². The molecule has 3 aromatic rings. The molecule has 0 fully saturated rings. The summed E-state index contributed by atoms with van der Waals surface area (Å²) in [6.07, 6.45) is 0.724. The predicted molar refractivity (Wildman–Crippen MR) is 109 cm³/mol. The molecule has 27 heavy (non-hydrogen) atoms. The van der Waals surface area contributed by atoms with Crippen molar-refractivity contribution < 1.29 is 4.79 Å². The Hall–Kier alpha value is -2.92. The van der Waals surface area contributed by atoms with E-state index in [0.717, 1.165) is 23.4 Å². The molecule has 0 atom stereocenters. The highest BCUT2D eigenvalue weighted by molar-refractivity contribution is 6.30. The summed E-state index contributed by atoms with van der Waals surface area (Å²) in [5, 5.41) is 6.74. The molecular weight excluding hydrogens is 360 g/mol. The third-order valence-electron chi connectivity index (χ3n) is 4.01. The van der Waals surface area contributed by atoms with Crippen LogP contribution in [0.3, 0.4) is 0 Å². The second-order valence-corrected chi connectivity index (χ2v) is 6.78. The molecule has 0 unspecified atom stereocenters. The van der Waals surface area contributed by atoms with Crippen LogP contribution in [0.4, 0.5) is 11.6 Å². The van der Waals surface area contributed by atoms with Gasteiger partial charge in [-0.1, -0.05) is 41.4 Å². The molecule has 0 aliphatic rings. The molecule has 0 bridgehead atoms. The molecule has 0 aliphatic heterocycles. The largest absolute Gasteiger partial charge is 0.350 e. The highest BCUT2D eigenvalue weighted by atomic mass is 35.5. The SMILES string of the molecule is Cc1ccc(Nc2nc(C)cc(C(=O)NCCc3ccc(Cl)cc3)n2)cc1. The first-order chi connectivity index (χ1) is 13.0. The van der Waals surface area contributed by atoms with Crippen LogP contribution >= 0.6 is 11.6 Å². The number of hydrogen-bond donors (Lipinski definition) is 2. The van der Waals surface area contributed by atoms with Crippen molar-refractivity contribution in [2.45, 2.75) is 20.3 Å². The number of nitrogens with one attached hydrogen (secondary N) is 2. The zero-order chi connectivity index (χ0) is 19.2. The summed E-state index contributed by atoms with van der Waals surface area (Å²) in [7, 11) is 0. The number of hydrogen-bond acceptors (Lipinski definition) is 4. The Morgan fingerprint density at radius 3 is 2.41 bits per heavy atom. The lowest BCUT2D eigenvalue weighted by molar-refractivity contribution is 0.0949. The van der Waals surface area contributed by atoms with Crippen LogP contribution in [0.2, 0.25) is 5.02 Å². The Balaban J connectivity index is 1.63. The van der Waals surface area contributed by atoms with E-state index in [1.54, 1.807) is 6.07 Å². The van der Waals surface area contributed by atoms with Gasteiger partial charge < -0.3 is 10.6 Å². The summed E-state index contributed by atoms with van der Waals surface area (Å²) in [5.41, 5.74) is 4.22. The lowest BCUT2D eigenvalue weighted by Gasteiger charge is -2.09. The molecule has 2 N–H and O–H groups in total. The summed E-state index contributed by atoms with van der Waals surface area (Å²) in [6.45, 7) is 4.39. The van der Waals surface area contributed by atoms with Gasteiger partial charge >= 0.3 is 0 Å². The molecule has 0 saturated carbocycles. The average Bonchev–Trinajstić information content (AvgIpc) is 2.65. The number of rotatable bonds is 6. The van der Waals surface area contributed by atoms with Crippen LogP contribution in [0.1, 0.15) is 27.3 Å². The molecular formula is C21H21ClN4O. The fourth-order valence-corrected chi connectivity index (χ4v) is 2.69. The first-order valence-electron chi connectivity index (χ1n) is 8.71. The highest BCUT2D eigenvalue weighted by Crippen LogP contribution is 2.15. The van der Waals surface area contributed by atoms with Gasteiger partial charge in [0, 0.05) is 22.9 Å². The molecule has 1 aromatic heterocycles. The minimum Gasteiger partial charge on any atom is -0.350 e. The fourth-order valence-electron chi connectivity index (χ4n) is 2.57. The van der Waals surface area contributed by atoms with E-state index in [-0.39, 0.29) is 5.91 Å². The van der Waals surface area contributed by atoms with Crippen LogP contribution < -0.4 is 10.6 Å². The monoisotopic (exact) mass is 380 g/mol. The number of benzene rings is 2. The zero-order valence-electron chi connectivity index (χ0n) is 15.3.